The summed E-state index contributed by atoms with van der Waals surface area (Å²) in [4.78, 5) is 21.4. The number of aromatic nitrogens is 2. The minimum absolute atomic E-state index is 0.243. The van der Waals surface area contributed by atoms with E-state index in [0.717, 1.165) is 21.9 Å². The van der Waals surface area contributed by atoms with Gasteiger partial charge in [-0.2, -0.15) is 0 Å². The van der Waals surface area contributed by atoms with E-state index in [0.29, 0.717) is 11.1 Å². The Balaban J connectivity index is 1.76. The summed E-state index contributed by atoms with van der Waals surface area (Å²) in [7, 11) is 0. The highest BCUT2D eigenvalue weighted by Crippen LogP contribution is 2.26. The molecule has 4 heteroatoms. The Hall–Kier alpha value is -3.27. The molecule has 2 aromatic carbocycles. The third-order valence-electron chi connectivity index (χ3n) is 3.89. The molecule has 4 nitrogen and oxygen atoms in total. The lowest BCUT2D eigenvalue weighted by Crippen LogP contribution is -2.06. The fraction of sp³-hybridized carbons (Fsp3) is 0.0500. The van der Waals surface area contributed by atoms with E-state index in [1.54, 1.807) is 12.4 Å². The number of benzene rings is 2. The highest BCUT2D eigenvalue weighted by Gasteiger charge is 2.15. The van der Waals surface area contributed by atoms with Crippen LogP contribution in [0.5, 0.6) is 0 Å². The van der Waals surface area contributed by atoms with Gasteiger partial charge in [0.25, 0.3) is 0 Å². The smallest absolute Gasteiger partial charge is 0.339 e. The lowest BCUT2D eigenvalue weighted by Gasteiger charge is -2.09. The van der Waals surface area contributed by atoms with E-state index in [1.165, 1.54) is 0 Å². The normalized spacial score (nSPS) is 10.8. The number of hydrogen-bond acceptors (Lipinski definition) is 4. The average molecular weight is 314 g/mol. The summed E-state index contributed by atoms with van der Waals surface area (Å²) in [6, 6.07) is 18.9. The van der Waals surface area contributed by atoms with Crippen LogP contribution in [0.3, 0.4) is 0 Å². The number of ether oxygens (including phenoxy) is 1. The van der Waals surface area contributed by atoms with E-state index in [4.69, 9.17) is 4.74 Å². The first-order valence-corrected chi connectivity index (χ1v) is 7.66. The third kappa shape index (κ3) is 2.58. The van der Waals surface area contributed by atoms with E-state index in [9.17, 15) is 4.79 Å². The molecule has 0 saturated heterocycles. The maximum absolute atomic E-state index is 12.6. The van der Waals surface area contributed by atoms with Crippen molar-refractivity contribution in [2.75, 3.05) is 0 Å². The molecule has 0 unspecified atom stereocenters. The second kappa shape index (κ2) is 6.08. The molecule has 0 saturated carbocycles. The summed E-state index contributed by atoms with van der Waals surface area (Å²) in [6.07, 6.45) is 3.43. The van der Waals surface area contributed by atoms with Crippen molar-refractivity contribution in [2.24, 2.45) is 0 Å². The standard InChI is InChI=1S/C20H14N2O2/c23-20(24-13-14-6-2-1-3-7-14)17-12-15-8-4-10-21-18(15)19-16(17)9-5-11-22-19/h1-12H,13H2. The molecule has 0 amide bonds. The van der Waals surface area contributed by atoms with E-state index in [1.807, 2.05) is 60.7 Å². The van der Waals surface area contributed by atoms with Gasteiger partial charge in [-0.3, -0.25) is 9.97 Å². The van der Waals surface area contributed by atoms with Gasteiger partial charge in [0, 0.05) is 23.2 Å². The molecule has 0 N–H and O–H groups in total. The molecule has 0 aliphatic heterocycles. The monoisotopic (exact) mass is 314 g/mol. The number of carbonyl (C=O) groups excluding carboxylic acids is 1. The van der Waals surface area contributed by atoms with Gasteiger partial charge in [0.05, 0.1) is 16.6 Å². The van der Waals surface area contributed by atoms with E-state index >= 15 is 0 Å². The predicted molar refractivity (Wildman–Crippen MR) is 92.6 cm³/mol. The summed E-state index contributed by atoms with van der Waals surface area (Å²) < 4.78 is 5.48. The van der Waals surface area contributed by atoms with Gasteiger partial charge >= 0.3 is 5.97 Å². The van der Waals surface area contributed by atoms with Gasteiger partial charge in [-0.25, -0.2) is 4.79 Å². The van der Waals surface area contributed by atoms with Gasteiger partial charge < -0.3 is 4.74 Å². The van der Waals surface area contributed by atoms with Crippen LogP contribution in [-0.2, 0) is 11.3 Å². The van der Waals surface area contributed by atoms with E-state index in [2.05, 4.69) is 9.97 Å². The molecular formula is C20H14N2O2. The zero-order valence-electron chi connectivity index (χ0n) is 12.8. The molecule has 0 aliphatic carbocycles. The Kier molecular flexibility index (Phi) is 3.63. The van der Waals surface area contributed by atoms with Crippen LogP contribution in [0, 0.1) is 0 Å². The summed E-state index contributed by atoms with van der Waals surface area (Å²) in [5.41, 5.74) is 2.96. The van der Waals surface area contributed by atoms with Crippen LogP contribution in [0.15, 0.2) is 73.1 Å². The largest absolute Gasteiger partial charge is 0.457 e. The first-order chi connectivity index (χ1) is 11.8. The van der Waals surface area contributed by atoms with Crippen molar-refractivity contribution < 1.29 is 9.53 Å². The molecule has 0 bridgehead atoms. The maximum Gasteiger partial charge on any atom is 0.339 e. The zero-order valence-corrected chi connectivity index (χ0v) is 12.8. The number of carbonyl (C=O) groups is 1. The Morgan fingerprint density at radius 3 is 2.46 bits per heavy atom. The van der Waals surface area contributed by atoms with Crippen molar-refractivity contribution in [1.82, 2.24) is 9.97 Å². The first-order valence-electron chi connectivity index (χ1n) is 7.66. The molecule has 0 fully saturated rings. The SMILES string of the molecule is O=C(OCc1ccccc1)c1cc2cccnc2c2ncccc12. The summed E-state index contributed by atoms with van der Waals surface area (Å²) >= 11 is 0. The van der Waals surface area contributed by atoms with Gasteiger partial charge in [0.15, 0.2) is 0 Å². The van der Waals surface area contributed by atoms with Gasteiger partial charge in [0.1, 0.15) is 6.61 Å². The van der Waals surface area contributed by atoms with Crippen molar-refractivity contribution in [3.8, 4) is 0 Å². The Labute approximate surface area is 138 Å². The topological polar surface area (TPSA) is 52.1 Å². The van der Waals surface area contributed by atoms with Crippen LogP contribution in [0.4, 0.5) is 0 Å². The van der Waals surface area contributed by atoms with Crippen molar-refractivity contribution in [1.29, 1.82) is 0 Å². The third-order valence-corrected chi connectivity index (χ3v) is 3.89. The second-order valence-electron chi connectivity index (χ2n) is 5.46. The number of hydrogen-bond donors (Lipinski definition) is 0. The Bertz CT molecular complexity index is 1030. The molecule has 0 spiro atoms. The van der Waals surface area contributed by atoms with Crippen molar-refractivity contribution in [3.05, 3.63) is 84.2 Å². The fourth-order valence-electron chi connectivity index (χ4n) is 2.75. The maximum atomic E-state index is 12.6. The van der Waals surface area contributed by atoms with E-state index in [-0.39, 0.29) is 12.6 Å². The lowest BCUT2D eigenvalue weighted by atomic mass is 10.0. The van der Waals surface area contributed by atoms with Crippen LogP contribution >= 0.6 is 0 Å². The molecule has 2 heterocycles. The second-order valence-corrected chi connectivity index (χ2v) is 5.46. The molecule has 0 atom stereocenters. The molecule has 2 aromatic heterocycles. The number of fused-ring (bicyclic) bond motifs is 3. The molecular weight excluding hydrogens is 300 g/mol. The van der Waals surface area contributed by atoms with Gasteiger partial charge in [-0.05, 0) is 23.8 Å². The summed E-state index contributed by atoms with van der Waals surface area (Å²) in [6.45, 7) is 0.243. The van der Waals surface area contributed by atoms with E-state index < -0.39 is 0 Å². The first kappa shape index (κ1) is 14.3. The summed E-state index contributed by atoms with van der Waals surface area (Å²) in [5.74, 6) is -0.359. The minimum atomic E-state index is -0.359. The fourth-order valence-corrected chi connectivity index (χ4v) is 2.75. The van der Waals surface area contributed by atoms with Crippen LogP contribution in [0.2, 0.25) is 0 Å². The Morgan fingerprint density at radius 1 is 0.875 bits per heavy atom. The van der Waals surface area contributed by atoms with Gasteiger partial charge in [-0.1, -0.05) is 42.5 Å². The highest BCUT2D eigenvalue weighted by atomic mass is 16.5. The van der Waals surface area contributed by atoms with Crippen molar-refractivity contribution in [3.63, 3.8) is 0 Å². The molecule has 24 heavy (non-hydrogen) atoms. The van der Waals surface area contributed by atoms with Crippen LogP contribution in [0.1, 0.15) is 15.9 Å². The molecule has 116 valence electrons. The quantitative estimate of drug-likeness (QED) is 0.421. The number of pyridine rings is 2. The van der Waals surface area contributed by atoms with Crippen LogP contribution in [-0.4, -0.2) is 15.9 Å². The lowest BCUT2D eigenvalue weighted by molar-refractivity contribution is 0.0475. The number of rotatable bonds is 3. The molecule has 0 radical (unpaired) electrons. The van der Waals surface area contributed by atoms with Crippen molar-refractivity contribution >= 4 is 27.8 Å². The minimum Gasteiger partial charge on any atom is -0.457 e. The molecule has 0 aliphatic rings. The molecule has 4 rings (SSSR count). The summed E-state index contributed by atoms with van der Waals surface area (Å²) in [5, 5.41) is 1.62. The number of nitrogens with zero attached hydrogens (tertiary/aromatic N) is 2. The number of esters is 1. The van der Waals surface area contributed by atoms with Gasteiger partial charge in [0.2, 0.25) is 0 Å². The highest BCUT2D eigenvalue weighted by molar-refractivity contribution is 6.13. The zero-order chi connectivity index (χ0) is 16.4. The average Bonchev–Trinajstić information content (AvgIpc) is 2.66. The van der Waals surface area contributed by atoms with Gasteiger partial charge in [-0.15, -0.1) is 0 Å². The predicted octanol–water partition coefficient (Wildman–Crippen LogP) is 4.14. The Morgan fingerprint density at radius 2 is 1.62 bits per heavy atom. The van der Waals surface area contributed by atoms with Crippen molar-refractivity contribution in [2.45, 2.75) is 6.61 Å². The van der Waals surface area contributed by atoms with Crippen LogP contribution in [0.25, 0.3) is 21.8 Å². The van der Waals surface area contributed by atoms with Crippen LogP contribution < -0.4 is 0 Å². The molecule has 4 aromatic rings.